The first kappa shape index (κ1) is 18.2. The Labute approximate surface area is 142 Å². The monoisotopic (exact) mass is 333 g/mol. The molecule has 24 heavy (non-hydrogen) atoms. The summed E-state index contributed by atoms with van der Waals surface area (Å²) in [6.45, 7) is 8.21. The van der Waals surface area contributed by atoms with Gasteiger partial charge >= 0.3 is 0 Å². The van der Waals surface area contributed by atoms with E-state index in [0.717, 1.165) is 27.9 Å². The lowest BCUT2D eigenvalue weighted by molar-refractivity contribution is -0.121. The van der Waals surface area contributed by atoms with Crippen molar-refractivity contribution in [3.8, 4) is 5.88 Å². The van der Waals surface area contributed by atoms with Gasteiger partial charge in [0.05, 0.1) is 12.5 Å². The van der Waals surface area contributed by atoms with Crippen molar-refractivity contribution in [3.63, 3.8) is 0 Å². The van der Waals surface area contributed by atoms with Gasteiger partial charge < -0.3 is 15.8 Å². The number of carbonyl (C=O) groups excluding carboxylic acids is 1. The molecule has 0 saturated carbocycles. The van der Waals surface area contributed by atoms with Crippen LogP contribution in [0.15, 0.2) is 0 Å². The Kier molecular flexibility index (Phi) is 5.13. The van der Waals surface area contributed by atoms with E-state index in [0.29, 0.717) is 25.3 Å². The van der Waals surface area contributed by atoms with Gasteiger partial charge in [-0.1, -0.05) is 0 Å². The lowest BCUT2D eigenvalue weighted by Crippen LogP contribution is -2.45. The molecule has 132 valence electrons. The number of fused-ring (bicyclic) bond motifs is 1. The standard InChI is InChI=1S/C17H27N5O2/c1-10-12(7-8-13(23)19-9-17(3,4)18)11(2)20-15-14(10)16(24-6)21-22(15)5/h7-9,18H2,1-6H3,(H,19,23). The Hall–Kier alpha value is -2.15. The fraction of sp³-hybridized carbons (Fsp3) is 0.588. The molecule has 2 heterocycles. The predicted molar refractivity (Wildman–Crippen MR) is 94.1 cm³/mol. The van der Waals surface area contributed by atoms with Crippen molar-refractivity contribution in [2.45, 2.75) is 46.1 Å². The van der Waals surface area contributed by atoms with E-state index in [2.05, 4.69) is 15.4 Å². The van der Waals surface area contributed by atoms with E-state index in [9.17, 15) is 4.79 Å². The molecular formula is C17H27N5O2. The van der Waals surface area contributed by atoms with Crippen molar-refractivity contribution in [3.05, 3.63) is 16.8 Å². The van der Waals surface area contributed by atoms with E-state index in [-0.39, 0.29) is 5.91 Å². The smallest absolute Gasteiger partial charge is 0.242 e. The molecule has 0 aliphatic heterocycles. The maximum atomic E-state index is 12.0. The Balaban J connectivity index is 2.22. The van der Waals surface area contributed by atoms with Crippen molar-refractivity contribution in [1.82, 2.24) is 20.1 Å². The number of ether oxygens (including phenoxy) is 1. The van der Waals surface area contributed by atoms with Gasteiger partial charge in [-0.25, -0.2) is 9.67 Å². The lowest BCUT2D eigenvalue weighted by atomic mass is 10.00. The Morgan fingerprint density at radius 1 is 1.38 bits per heavy atom. The second-order valence-corrected chi connectivity index (χ2v) is 6.90. The third kappa shape index (κ3) is 3.84. The summed E-state index contributed by atoms with van der Waals surface area (Å²) in [6, 6.07) is 0. The van der Waals surface area contributed by atoms with Crippen LogP contribution < -0.4 is 15.8 Å². The van der Waals surface area contributed by atoms with Crippen LogP contribution in [0.2, 0.25) is 0 Å². The summed E-state index contributed by atoms with van der Waals surface area (Å²) in [5, 5.41) is 8.12. The molecule has 0 unspecified atom stereocenters. The van der Waals surface area contributed by atoms with Crippen LogP contribution in [0.5, 0.6) is 5.88 Å². The van der Waals surface area contributed by atoms with E-state index < -0.39 is 5.54 Å². The van der Waals surface area contributed by atoms with Gasteiger partial charge in [0.25, 0.3) is 0 Å². The molecule has 0 spiro atoms. The van der Waals surface area contributed by atoms with Crippen LogP contribution in [0, 0.1) is 13.8 Å². The molecule has 0 fully saturated rings. The summed E-state index contributed by atoms with van der Waals surface area (Å²) in [4.78, 5) is 16.7. The summed E-state index contributed by atoms with van der Waals surface area (Å²) >= 11 is 0. The maximum Gasteiger partial charge on any atom is 0.242 e. The fourth-order valence-corrected chi connectivity index (χ4v) is 2.76. The number of carbonyl (C=O) groups is 1. The van der Waals surface area contributed by atoms with E-state index in [1.165, 1.54) is 0 Å². The number of methoxy groups -OCH3 is 1. The summed E-state index contributed by atoms with van der Waals surface area (Å²) in [7, 11) is 3.45. The van der Waals surface area contributed by atoms with Gasteiger partial charge in [-0.05, 0) is 45.2 Å². The highest BCUT2D eigenvalue weighted by molar-refractivity contribution is 5.86. The highest BCUT2D eigenvalue weighted by Gasteiger charge is 2.19. The van der Waals surface area contributed by atoms with Crippen molar-refractivity contribution >= 4 is 16.9 Å². The Bertz CT molecular complexity index is 759. The van der Waals surface area contributed by atoms with Crippen LogP contribution >= 0.6 is 0 Å². The average Bonchev–Trinajstić information content (AvgIpc) is 2.80. The average molecular weight is 333 g/mol. The molecule has 0 radical (unpaired) electrons. The van der Waals surface area contributed by atoms with E-state index in [1.807, 2.05) is 34.7 Å². The second kappa shape index (κ2) is 6.76. The zero-order valence-corrected chi connectivity index (χ0v) is 15.4. The molecule has 3 N–H and O–H groups in total. The molecule has 0 aromatic carbocycles. The SMILES string of the molecule is COc1nn(C)c2nc(C)c(CCC(=O)NCC(C)(C)N)c(C)c12. The summed E-state index contributed by atoms with van der Waals surface area (Å²) in [5.41, 5.74) is 9.31. The first-order valence-electron chi connectivity index (χ1n) is 8.06. The molecule has 2 rings (SSSR count). The third-order valence-electron chi connectivity index (χ3n) is 4.06. The van der Waals surface area contributed by atoms with Crippen LogP contribution in [0.1, 0.15) is 37.1 Å². The molecule has 7 nitrogen and oxygen atoms in total. The topological polar surface area (TPSA) is 95.1 Å². The predicted octanol–water partition coefficient (Wildman–Crippen LogP) is 1.38. The molecule has 2 aromatic heterocycles. The van der Waals surface area contributed by atoms with Gasteiger partial charge in [0.15, 0.2) is 5.65 Å². The number of aryl methyl sites for hydroxylation is 3. The van der Waals surface area contributed by atoms with Crippen molar-refractivity contribution in [1.29, 1.82) is 0 Å². The first-order chi connectivity index (χ1) is 11.1. The zero-order chi connectivity index (χ0) is 18.1. The number of pyridine rings is 1. The normalized spacial score (nSPS) is 11.8. The maximum absolute atomic E-state index is 12.0. The van der Waals surface area contributed by atoms with Crippen molar-refractivity contribution in [2.75, 3.05) is 13.7 Å². The number of hydrogen-bond donors (Lipinski definition) is 2. The van der Waals surface area contributed by atoms with Crippen LogP contribution in [-0.2, 0) is 18.3 Å². The van der Waals surface area contributed by atoms with Crippen molar-refractivity contribution in [2.24, 2.45) is 12.8 Å². The molecular weight excluding hydrogens is 306 g/mol. The van der Waals surface area contributed by atoms with Crippen molar-refractivity contribution < 1.29 is 9.53 Å². The number of nitrogens with one attached hydrogen (secondary N) is 1. The van der Waals surface area contributed by atoms with E-state index in [4.69, 9.17) is 10.5 Å². The van der Waals surface area contributed by atoms with Gasteiger partial charge in [0.1, 0.15) is 0 Å². The molecule has 0 bridgehead atoms. The molecule has 0 aliphatic carbocycles. The van der Waals surface area contributed by atoms with Crippen LogP contribution in [-0.4, -0.2) is 39.9 Å². The van der Waals surface area contributed by atoms with E-state index >= 15 is 0 Å². The van der Waals surface area contributed by atoms with Gasteiger partial charge in [0.2, 0.25) is 11.8 Å². The lowest BCUT2D eigenvalue weighted by Gasteiger charge is -2.19. The van der Waals surface area contributed by atoms with Gasteiger partial charge in [-0.3, -0.25) is 4.79 Å². The second-order valence-electron chi connectivity index (χ2n) is 6.90. The minimum absolute atomic E-state index is 0.00873. The summed E-state index contributed by atoms with van der Waals surface area (Å²) in [5.74, 6) is 0.554. The summed E-state index contributed by atoms with van der Waals surface area (Å²) in [6.07, 6.45) is 1.02. The number of aromatic nitrogens is 3. The molecule has 0 aliphatic rings. The number of hydrogen-bond acceptors (Lipinski definition) is 5. The molecule has 0 atom stereocenters. The number of nitrogens with two attached hydrogens (primary N) is 1. The minimum atomic E-state index is -0.412. The highest BCUT2D eigenvalue weighted by Crippen LogP contribution is 2.30. The quantitative estimate of drug-likeness (QED) is 0.833. The van der Waals surface area contributed by atoms with E-state index in [1.54, 1.807) is 11.8 Å². The Morgan fingerprint density at radius 2 is 2.04 bits per heavy atom. The third-order valence-corrected chi connectivity index (χ3v) is 4.06. The molecule has 0 saturated heterocycles. The minimum Gasteiger partial charge on any atom is -0.479 e. The van der Waals surface area contributed by atoms with Crippen LogP contribution in [0.3, 0.4) is 0 Å². The number of rotatable bonds is 6. The molecule has 1 amide bonds. The fourth-order valence-electron chi connectivity index (χ4n) is 2.76. The largest absolute Gasteiger partial charge is 0.479 e. The zero-order valence-electron chi connectivity index (χ0n) is 15.4. The summed E-state index contributed by atoms with van der Waals surface area (Å²) < 4.78 is 7.08. The number of nitrogens with zero attached hydrogens (tertiary/aromatic N) is 3. The van der Waals surface area contributed by atoms with Gasteiger partial charge in [0, 0.05) is 31.2 Å². The van der Waals surface area contributed by atoms with Gasteiger partial charge in [-0.2, -0.15) is 0 Å². The first-order valence-corrected chi connectivity index (χ1v) is 8.06. The van der Waals surface area contributed by atoms with Crippen LogP contribution in [0.25, 0.3) is 11.0 Å². The molecule has 7 heteroatoms. The number of amides is 1. The highest BCUT2D eigenvalue weighted by atomic mass is 16.5. The van der Waals surface area contributed by atoms with Gasteiger partial charge in [-0.15, -0.1) is 5.10 Å². The van der Waals surface area contributed by atoms with Crippen LogP contribution in [0.4, 0.5) is 0 Å². The Morgan fingerprint density at radius 3 is 2.62 bits per heavy atom. The molecule has 2 aromatic rings.